The SMILES string of the molecule is C=CCCCCN(C(=O)COCCCC)c1cc(N)ccc1C(=O)OCC. The van der Waals surface area contributed by atoms with E-state index in [0.717, 1.165) is 32.1 Å². The van der Waals surface area contributed by atoms with E-state index in [4.69, 9.17) is 15.2 Å². The summed E-state index contributed by atoms with van der Waals surface area (Å²) in [6.45, 7) is 8.77. The molecular weight excluding hydrogens is 344 g/mol. The highest BCUT2D eigenvalue weighted by atomic mass is 16.5. The van der Waals surface area contributed by atoms with Gasteiger partial charge in [0.15, 0.2) is 0 Å². The zero-order valence-corrected chi connectivity index (χ0v) is 16.5. The molecule has 0 heterocycles. The molecule has 0 atom stereocenters. The predicted octanol–water partition coefficient (Wildman–Crippen LogP) is 3.95. The monoisotopic (exact) mass is 376 g/mol. The van der Waals surface area contributed by atoms with Crippen molar-refractivity contribution in [1.82, 2.24) is 0 Å². The smallest absolute Gasteiger partial charge is 0.340 e. The lowest BCUT2D eigenvalue weighted by Crippen LogP contribution is -2.36. The summed E-state index contributed by atoms with van der Waals surface area (Å²) in [5.74, 6) is -0.663. The number of carbonyl (C=O) groups is 2. The molecule has 1 rings (SSSR count). The molecule has 0 aliphatic rings. The first kappa shape index (κ1) is 22.7. The summed E-state index contributed by atoms with van der Waals surface area (Å²) in [6.07, 6.45) is 6.31. The number of anilines is 2. The van der Waals surface area contributed by atoms with Crippen molar-refractivity contribution in [3.63, 3.8) is 0 Å². The molecule has 0 aliphatic carbocycles. The number of esters is 1. The number of nitrogens with two attached hydrogens (primary N) is 1. The van der Waals surface area contributed by atoms with Crippen LogP contribution in [0.2, 0.25) is 0 Å². The Labute approximate surface area is 162 Å². The summed E-state index contributed by atoms with van der Waals surface area (Å²) in [5, 5.41) is 0. The minimum Gasteiger partial charge on any atom is -0.462 e. The van der Waals surface area contributed by atoms with Crippen molar-refractivity contribution in [2.24, 2.45) is 0 Å². The fraction of sp³-hybridized carbons (Fsp3) is 0.524. The first-order valence-corrected chi connectivity index (χ1v) is 9.60. The Kier molecular flexibility index (Phi) is 10.9. The summed E-state index contributed by atoms with van der Waals surface area (Å²) in [7, 11) is 0. The van der Waals surface area contributed by atoms with Crippen LogP contribution >= 0.6 is 0 Å². The summed E-state index contributed by atoms with van der Waals surface area (Å²) in [4.78, 5) is 26.7. The quantitative estimate of drug-likeness (QED) is 0.244. The molecule has 0 aliphatic heterocycles. The number of benzene rings is 1. The highest BCUT2D eigenvalue weighted by Gasteiger charge is 2.23. The Balaban J connectivity index is 3.05. The Morgan fingerprint density at radius 1 is 1.22 bits per heavy atom. The molecule has 0 saturated carbocycles. The second-order valence-corrected chi connectivity index (χ2v) is 6.23. The van der Waals surface area contributed by atoms with Gasteiger partial charge >= 0.3 is 5.97 Å². The molecule has 2 N–H and O–H groups in total. The Bertz CT molecular complexity index is 616. The van der Waals surface area contributed by atoms with Gasteiger partial charge in [-0.1, -0.05) is 19.4 Å². The third kappa shape index (κ3) is 7.83. The van der Waals surface area contributed by atoms with Gasteiger partial charge in [-0.15, -0.1) is 6.58 Å². The molecule has 0 spiro atoms. The average molecular weight is 376 g/mol. The van der Waals surface area contributed by atoms with Gasteiger partial charge in [0.1, 0.15) is 6.61 Å². The number of nitrogen functional groups attached to an aromatic ring is 1. The maximum absolute atomic E-state index is 12.8. The Hall–Kier alpha value is -2.34. The second-order valence-electron chi connectivity index (χ2n) is 6.23. The molecule has 150 valence electrons. The van der Waals surface area contributed by atoms with Crippen LogP contribution in [0.15, 0.2) is 30.9 Å². The van der Waals surface area contributed by atoms with Gasteiger partial charge in [-0.25, -0.2) is 4.79 Å². The van der Waals surface area contributed by atoms with Crippen molar-refractivity contribution in [2.45, 2.75) is 46.0 Å². The molecule has 27 heavy (non-hydrogen) atoms. The van der Waals surface area contributed by atoms with Crippen molar-refractivity contribution >= 4 is 23.3 Å². The molecule has 1 aromatic carbocycles. The molecular formula is C21H32N2O4. The van der Waals surface area contributed by atoms with E-state index in [1.807, 2.05) is 6.08 Å². The minimum atomic E-state index is -0.469. The van der Waals surface area contributed by atoms with Crippen molar-refractivity contribution in [3.05, 3.63) is 36.4 Å². The van der Waals surface area contributed by atoms with Gasteiger partial charge < -0.3 is 20.1 Å². The second kappa shape index (κ2) is 12.9. The number of ether oxygens (including phenoxy) is 2. The number of amides is 1. The van der Waals surface area contributed by atoms with Crippen LogP contribution in [0, 0.1) is 0 Å². The number of nitrogens with zero attached hydrogens (tertiary/aromatic N) is 1. The van der Waals surface area contributed by atoms with E-state index in [1.54, 1.807) is 30.0 Å². The molecule has 0 aromatic heterocycles. The summed E-state index contributed by atoms with van der Waals surface area (Å²) < 4.78 is 10.6. The maximum Gasteiger partial charge on any atom is 0.340 e. The third-order valence-corrected chi connectivity index (χ3v) is 4.02. The molecule has 0 bridgehead atoms. The fourth-order valence-corrected chi connectivity index (χ4v) is 2.58. The third-order valence-electron chi connectivity index (χ3n) is 4.02. The number of allylic oxidation sites excluding steroid dienone is 1. The molecule has 0 saturated heterocycles. The number of rotatable bonds is 13. The lowest BCUT2D eigenvalue weighted by atomic mass is 10.1. The molecule has 6 nitrogen and oxygen atoms in total. The van der Waals surface area contributed by atoms with Crippen LogP contribution < -0.4 is 10.6 Å². The molecule has 0 radical (unpaired) electrons. The number of hydrogen-bond donors (Lipinski definition) is 1. The van der Waals surface area contributed by atoms with E-state index in [2.05, 4.69) is 13.5 Å². The van der Waals surface area contributed by atoms with Crippen LogP contribution in [-0.4, -0.2) is 38.2 Å². The van der Waals surface area contributed by atoms with Crippen LogP contribution in [0.5, 0.6) is 0 Å². The highest BCUT2D eigenvalue weighted by Crippen LogP contribution is 2.25. The summed E-state index contributed by atoms with van der Waals surface area (Å²) in [6, 6.07) is 4.88. The standard InChI is InChI=1S/C21H32N2O4/c1-4-7-9-10-13-23(20(24)16-26-14-8-5-2)19-15-17(22)11-12-18(19)21(25)27-6-3/h4,11-12,15H,1,5-10,13-14,16,22H2,2-3H3. The first-order chi connectivity index (χ1) is 13.0. The van der Waals surface area contributed by atoms with Gasteiger partial charge in [-0.05, 0) is 50.8 Å². The van der Waals surface area contributed by atoms with Crippen molar-refractivity contribution < 1.29 is 19.1 Å². The van der Waals surface area contributed by atoms with Crippen LogP contribution in [0.3, 0.4) is 0 Å². The average Bonchev–Trinajstić information content (AvgIpc) is 2.65. The van der Waals surface area contributed by atoms with Gasteiger partial charge in [0.25, 0.3) is 5.91 Å². The first-order valence-electron chi connectivity index (χ1n) is 9.60. The summed E-state index contributed by atoms with van der Waals surface area (Å²) in [5.41, 5.74) is 7.20. The van der Waals surface area contributed by atoms with Crippen molar-refractivity contribution in [2.75, 3.05) is 37.0 Å². The van der Waals surface area contributed by atoms with E-state index < -0.39 is 5.97 Å². The highest BCUT2D eigenvalue weighted by molar-refractivity contribution is 6.03. The van der Waals surface area contributed by atoms with Crippen molar-refractivity contribution in [1.29, 1.82) is 0 Å². The molecule has 0 fully saturated rings. The predicted molar refractivity (Wildman–Crippen MR) is 109 cm³/mol. The van der Waals surface area contributed by atoms with E-state index >= 15 is 0 Å². The minimum absolute atomic E-state index is 0.0292. The number of carbonyl (C=O) groups excluding carboxylic acids is 2. The fourth-order valence-electron chi connectivity index (χ4n) is 2.58. The van der Waals surface area contributed by atoms with Gasteiger partial charge in [0, 0.05) is 18.8 Å². The molecule has 1 amide bonds. The summed E-state index contributed by atoms with van der Waals surface area (Å²) >= 11 is 0. The van der Waals surface area contributed by atoms with Gasteiger partial charge in [0.2, 0.25) is 0 Å². The zero-order chi connectivity index (χ0) is 20.1. The Morgan fingerprint density at radius 2 is 2.00 bits per heavy atom. The topological polar surface area (TPSA) is 81.9 Å². The lowest BCUT2D eigenvalue weighted by molar-refractivity contribution is -0.123. The zero-order valence-electron chi connectivity index (χ0n) is 16.5. The number of hydrogen-bond acceptors (Lipinski definition) is 5. The van der Waals surface area contributed by atoms with E-state index in [0.29, 0.717) is 30.1 Å². The normalized spacial score (nSPS) is 10.4. The van der Waals surface area contributed by atoms with Crippen LogP contribution in [0.4, 0.5) is 11.4 Å². The van der Waals surface area contributed by atoms with Crippen molar-refractivity contribution in [3.8, 4) is 0 Å². The van der Waals surface area contributed by atoms with Crippen LogP contribution in [0.1, 0.15) is 56.3 Å². The van der Waals surface area contributed by atoms with Gasteiger partial charge in [0.05, 0.1) is 17.9 Å². The lowest BCUT2D eigenvalue weighted by Gasteiger charge is -2.25. The van der Waals surface area contributed by atoms with Crippen LogP contribution in [-0.2, 0) is 14.3 Å². The molecule has 1 aromatic rings. The van der Waals surface area contributed by atoms with Gasteiger partial charge in [-0.3, -0.25) is 4.79 Å². The van der Waals surface area contributed by atoms with E-state index in [1.165, 1.54) is 0 Å². The van der Waals surface area contributed by atoms with Gasteiger partial charge in [-0.2, -0.15) is 0 Å². The largest absolute Gasteiger partial charge is 0.462 e. The Morgan fingerprint density at radius 3 is 2.67 bits per heavy atom. The molecule has 6 heteroatoms. The maximum atomic E-state index is 12.8. The number of unbranched alkanes of at least 4 members (excludes halogenated alkanes) is 3. The van der Waals surface area contributed by atoms with Crippen LogP contribution in [0.25, 0.3) is 0 Å². The van der Waals surface area contributed by atoms with E-state index in [9.17, 15) is 9.59 Å². The molecule has 0 unspecified atom stereocenters. The van der Waals surface area contributed by atoms with E-state index in [-0.39, 0.29) is 19.1 Å².